The van der Waals surface area contributed by atoms with Crippen molar-refractivity contribution in [3.05, 3.63) is 23.3 Å². The molecule has 1 aromatic carbocycles. The maximum atomic E-state index is 12.1. The van der Waals surface area contributed by atoms with E-state index in [1.54, 1.807) is 6.92 Å². The van der Waals surface area contributed by atoms with E-state index in [-0.39, 0.29) is 16.9 Å². The van der Waals surface area contributed by atoms with Crippen molar-refractivity contribution < 1.29 is 21.6 Å². The molecule has 0 spiro atoms. The lowest BCUT2D eigenvalue weighted by atomic mass is 10.1. The first-order valence-corrected chi connectivity index (χ1v) is 5.99. The van der Waals surface area contributed by atoms with Crippen LogP contribution in [-0.4, -0.2) is 13.9 Å². The number of hydrogen-bond acceptors (Lipinski definition) is 3. The monoisotopic (exact) mass is 268 g/mol. The summed E-state index contributed by atoms with van der Waals surface area (Å²) in [5, 5.41) is 0. The van der Waals surface area contributed by atoms with Gasteiger partial charge in [0.2, 0.25) is 0 Å². The highest BCUT2D eigenvalue weighted by Gasteiger charge is 2.46. The normalized spacial score (nSPS) is 12.5. The molecular weight excluding hydrogens is 257 g/mol. The third-order valence-corrected chi connectivity index (χ3v) is 3.38. The summed E-state index contributed by atoms with van der Waals surface area (Å²) in [6.07, 6.45) is 0. The van der Waals surface area contributed by atoms with Crippen LogP contribution in [0.5, 0.6) is 0 Å². The molecule has 3 N–H and O–H groups in total. The Morgan fingerprint density at radius 2 is 1.76 bits per heavy atom. The van der Waals surface area contributed by atoms with Gasteiger partial charge in [-0.05, 0) is 31.0 Å². The molecule has 0 unspecified atom stereocenters. The number of rotatable bonds is 2. The minimum Gasteiger partial charge on any atom is -0.398 e. The van der Waals surface area contributed by atoms with Gasteiger partial charge in [0.05, 0.1) is 5.69 Å². The number of sulfonamides is 1. The molecular formula is C9H11F3N2O2S. The molecule has 8 heteroatoms. The highest BCUT2D eigenvalue weighted by atomic mass is 32.2. The van der Waals surface area contributed by atoms with Crippen molar-refractivity contribution in [2.75, 3.05) is 10.5 Å². The van der Waals surface area contributed by atoms with Crippen molar-refractivity contribution in [2.24, 2.45) is 0 Å². The van der Waals surface area contributed by atoms with Crippen LogP contribution in [0.25, 0.3) is 0 Å². The summed E-state index contributed by atoms with van der Waals surface area (Å²) in [5.74, 6) is 0. The molecule has 0 saturated heterocycles. The second kappa shape index (κ2) is 4.10. The van der Waals surface area contributed by atoms with E-state index in [1.807, 2.05) is 0 Å². The lowest BCUT2D eigenvalue weighted by Crippen LogP contribution is -2.30. The maximum absolute atomic E-state index is 12.1. The molecule has 0 aliphatic carbocycles. The Labute approximate surface area is 96.7 Å². The molecule has 1 aromatic rings. The summed E-state index contributed by atoms with van der Waals surface area (Å²) < 4.78 is 59.7. The molecule has 1 rings (SSSR count). The fourth-order valence-corrected chi connectivity index (χ4v) is 1.80. The van der Waals surface area contributed by atoms with E-state index in [9.17, 15) is 21.6 Å². The molecule has 0 aliphatic rings. The zero-order valence-electron chi connectivity index (χ0n) is 9.09. The van der Waals surface area contributed by atoms with Crippen LogP contribution in [0.1, 0.15) is 11.1 Å². The summed E-state index contributed by atoms with van der Waals surface area (Å²) in [6.45, 7) is 3.11. The van der Waals surface area contributed by atoms with Crippen LogP contribution in [0.4, 0.5) is 24.5 Å². The average molecular weight is 268 g/mol. The molecule has 0 amide bonds. The number of anilines is 2. The number of hydrogen-bond donors (Lipinski definition) is 2. The number of aryl methyl sites for hydroxylation is 1. The Bertz CT molecular complexity index is 538. The van der Waals surface area contributed by atoms with Gasteiger partial charge in [-0.25, -0.2) is 0 Å². The van der Waals surface area contributed by atoms with E-state index in [4.69, 9.17) is 5.73 Å². The number of benzene rings is 1. The summed E-state index contributed by atoms with van der Waals surface area (Å²) in [7, 11) is -5.41. The highest BCUT2D eigenvalue weighted by Crippen LogP contribution is 2.29. The molecule has 0 saturated carbocycles. The van der Waals surface area contributed by atoms with E-state index in [2.05, 4.69) is 0 Å². The Morgan fingerprint density at radius 1 is 1.24 bits per heavy atom. The lowest BCUT2D eigenvalue weighted by molar-refractivity contribution is -0.0429. The summed E-state index contributed by atoms with van der Waals surface area (Å²) in [5.41, 5.74) is 1.25. The van der Waals surface area contributed by atoms with Crippen molar-refractivity contribution in [3.8, 4) is 0 Å². The number of alkyl halides is 3. The number of nitrogen functional groups attached to an aromatic ring is 1. The van der Waals surface area contributed by atoms with Crippen LogP contribution < -0.4 is 10.5 Å². The molecule has 96 valence electrons. The van der Waals surface area contributed by atoms with Gasteiger partial charge in [0, 0.05) is 5.69 Å². The Morgan fingerprint density at radius 3 is 2.24 bits per heavy atom. The third-order valence-electron chi connectivity index (χ3n) is 2.28. The van der Waals surface area contributed by atoms with Crippen LogP contribution in [0.2, 0.25) is 0 Å². The zero-order valence-corrected chi connectivity index (χ0v) is 9.91. The van der Waals surface area contributed by atoms with Gasteiger partial charge in [-0.3, -0.25) is 4.72 Å². The van der Waals surface area contributed by atoms with Crippen LogP contribution in [0.15, 0.2) is 12.1 Å². The van der Waals surface area contributed by atoms with Crippen LogP contribution >= 0.6 is 0 Å². The van der Waals surface area contributed by atoms with Gasteiger partial charge in [-0.15, -0.1) is 0 Å². The van der Waals surface area contributed by atoms with Crippen molar-refractivity contribution in [1.82, 2.24) is 0 Å². The fourth-order valence-electron chi connectivity index (χ4n) is 1.18. The van der Waals surface area contributed by atoms with E-state index in [1.165, 1.54) is 23.8 Å². The molecule has 0 bridgehead atoms. The first kappa shape index (κ1) is 13.6. The molecule has 17 heavy (non-hydrogen) atoms. The standard InChI is InChI=1S/C9H11F3N2O2S/c1-5-3-4-7(6(2)8(5)13)14-17(15,16)9(10,11)12/h3-4,14H,13H2,1-2H3. The Kier molecular flexibility index (Phi) is 3.28. The first-order valence-electron chi connectivity index (χ1n) is 4.51. The summed E-state index contributed by atoms with van der Waals surface area (Å²) >= 11 is 0. The van der Waals surface area contributed by atoms with Gasteiger partial charge in [0.25, 0.3) is 0 Å². The molecule has 0 atom stereocenters. The summed E-state index contributed by atoms with van der Waals surface area (Å²) in [6, 6.07) is 2.68. The quantitative estimate of drug-likeness (QED) is 0.807. The van der Waals surface area contributed by atoms with Crippen molar-refractivity contribution >= 4 is 21.4 Å². The van der Waals surface area contributed by atoms with E-state index < -0.39 is 15.5 Å². The van der Waals surface area contributed by atoms with Crippen molar-refractivity contribution in [1.29, 1.82) is 0 Å². The van der Waals surface area contributed by atoms with Gasteiger partial charge in [-0.1, -0.05) is 6.07 Å². The topological polar surface area (TPSA) is 72.2 Å². The van der Waals surface area contributed by atoms with Crippen molar-refractivity contribution in [3.63, 3.8) is 0 Å². The molecule has 0 aliphatic heterocycles. The highest BCUT2D eigenvalue weighted by molar-refractivity contribution is 7.93. The van der Waals surface area contributed by atoms with E-state index in [0.717, 1.165) is 0 Å². The van der Waals surface area contributed by atoms with Gasteiger partial charge in [-0.2, -0.15) is 21.6 Å². The number of nitrogens with one attached hydrogen (secondary N) is 1. The van der Waals surface area contributed by atoms with Gasteiger partial charge in [0.15, 0.2) is 0 Å². The van der Waals surface area contributed by atoms with Crippen LogP contribution in [-0.2, 0) is 10.0 Å². The SMILES string of the molecule is Cc1ccc(NS(=O)(=O)C(F)(F)F)c(C)c1N. The predicted molar refractivity (Wildman–Crippen MR) is 58.9 cm³/mol. The molecule has 0 radical (unpaired) electrons. The second-order valence-corrected chi connectivity index (χ2v) is 5.19. The van der Waals surface area contributed by atoms with Crippen LogP contribution in [0.3, 0.4) is 0 Å². The molecule has 4 nitrogen and oxygen atoms in total. The lowest BCUT2D eigenvalue weighted by Gasteiger charge is -2.14. The average Bonchev–Trinajstić information content (AvgIpc) is 2.17. The van der Waals surface area contributed by atoms with Gasteiger partial charge in [0.1, 0.15) is 0 Å². The predicted octanol–water partition coefficient (Wildman–Crippen LogP) is 2.15. The first-order chi connectivity index (χ1) is 7.56. The number of nitrogens with two attached hydrogens (primary N) is 1. The second-order valence-electron chi connectivity index (χ2n) is 3.52. The smallest absolute Gasteiger partial charge is 0.398 e. The maximum Gasteiger partial charge on any atom is 0.516 e. The Hall–Kier alpha value is -1.44. The minimum absolute atomic E-state index is 0.176. The molecule has 0 fully saturated rings. The summed E-state index contributed by atoms with van der Waals surface area (Å²) in [4.78, 5) is 0. The zero-order chi connectivity index (χ0) is 13.4. The molecule has 0 aromatic heterocycles. The fraction of sp³-hybridized carbons (Fsp3) is 0.333. The van der Waals surface area contributed by atoms with E-state index in [0.29, 0.717) is 5.56 Å². The van der Waals surface area contributed by atoms with E-state index >= 15 is 0 Å². The molecule has 0 heterocycles. The van der Waals surface area contributed by atoms with Gasteiger partial charge < -0.3 is 5.73 Å². The van der Waals surface area contributed by atoms with Crippen LogP contribution in [0, 0.1) is 13.8 Å². The number of halogens is 3. The largest absolute Gasteiger partial charge is 0.516 e. The third kappa shape index (κ3) is 2.63. The minimum atomic E-state index is -5.41. The Balaban J connectivity index is 3.19. The van der Waals surface area contributed by atoms with Gasteiger partial charge >= 0.3 is 15.5 Å². The van der Waals surface area contributed by atoms with Crippen molar-refractivity contribution in [2.45, 2.75) is 19.4 Å².